The number of likely N-dealkylation sites (tertiary alicyclic amines) is 1. The number of ether oxygens (including phenoxy) is 1. The number of hydrogen-bond acceptors (Lipinski definition) is 3. The summed E-state index contributed by atoms with van der Waals surface area (Å²) < 4.78 is 5.59. The summed E-state index contributed by atoms with van der Waals surface area (Å²) in [6, 6.07) is 0.391. The molecular formula is C13H24N2O2. The van der Waals surface area contributed by atoms with Crippen LogP contribution in [0, 0.1) is 5.92 Å². The van der Waals surface area contributed by atoms with E-state index in [1.807, 2.05) is 4.90 Å². The number of carbonyl (C=O) groups excluding carboxylic acids is 1. The lowest BCUT2D eigenvalue weighted by atomic mass is 9.93. The van der Waals surface area contributed by atoms with Gasteiger partial charge in [0.15, 0.2) is 0 Å². The molecule has 0 spiro atoms. The average molecular weight is 240 g/mol. The Morgan fingerprint density at radius 1 is 1.47 bits per heavy atom. The zero-order chi connectivity index (χ0) is 12.3. The van der Waals surface area contributed by atoms with E-state index in [1.165, 1.54) is 0 Å². The van der Waals surface area contributed by atoms with Crippen molar-refractivity contribution in [2.45, 2.75) is 45.3 Å². The van der Waals surface area contributed by atoms with E-state index in [9.17, 15) is 4.79 Å². The Hall–Kier alpha value is -0.610. The summed E-state index contributed by atoms with van der Waals surface area (Å²) >= 11 is 0. The molecule has 0 radical (unpaired) electrons. The van der Waals surface area contributed by atoms with Crippen LogP contribution in [-0.2, 0) is 9.53 Å². The molecular weight excluding hydrogens is 216 g/mol. The maximum Gasteiger partial charge on any atom is 0.225 e. The number of nitrogens with one attached hydrogen (secondary N) is 1. The Labute approximate surface area is 104 Å². The highest BCUT2D eigenvalue weighted by Gasteiger charge is 2.28. The molecule has 4 heteroatoms. The summed E-state index contributed by atoms with van der Waals surface area (Å²) in [6.45, 7) is 7.79. The minimum atomic E-state index is 0.0720. The van der Waals surface area contributed by atoms with Crippen LogP contribution >= 0.6 is 0 Å². The van der Waals surface area contributed by atoms with Gasteiger partial charge in [-0.15, -0.1) is 0 Å². The molecule has 3 atom stereocenters. The van der Waals surface area contributed by atoms with Crippen LogP contribution in [0.1, 0.15) is 33.1 Å². The van der Waals surface area contributed by atoms with Crippen molar-refractivity contribution in [1.82, 2.24) is 10.2 Å². The van der Waals surface area contributed by atoms with Crippen LogP contribution in [0.2, 0.25) is 0 Å². The molecule has 0 bridgehead atoms. The Morgan fingerprint density at radius 2 is 2.29 bits per heavy atom. The molecule has 17 heavy (non-hydrogen) atoms. The molecule has 0 aromatic rings. The smallest absolute Gasteiger partial charge is 0.225 e. The third-order valence-corrected chi connectivity index (χ3v) is 3.87. The van der Waals surface area contributed by atoms with Crippen LogP contribution in [0.4, 0.5) is 0 Å². The SMILES string of the molecule is C[C@@H]1CCN(C(=O)C[C@H]2CNCCO2)[C@@H](C)C1. The fraction of sp³-hybridized carbons (Fsp3) is 0.923. The molecule has 2 aliphatic heterocycles. The number of carbonyl (C=O) groups is 1. The van der Waals surface area contributed by atoms with Gasteiger partial charge in [0.25, 0.3) is 0 Å². The summed E-state index contributed by atoms with van der Waals surface area (Å²) in [5, 5.41) is 3.27. The predicted molar refractivity (Wildman–Crippen MR) is 66.8 cm³/mol. The number of nitrogens with zero attached hydrogens (tertiary/aromatic N) is 1. The number of hydrogen-bond donors (Lipinski definition) is 1. The first-order valence-corrected chi connectivity index (χ1v) is 6.78. The summed E-state index contributed by atoms with van der Waals surface area (Å²) in [4.78, 5) is 14.2. The number of piperidine rings is 1. The zero-order valence-corrected chi connectivity index (χ0v) is 10.9. The molecule has 4 nitrogen and oxygen atoms in total. The van der Waals surface area contributed by atoms with Crippen molar-refractivity contribution in [1.29, 1.82) is 0 Å². The average Bonchev–Trinajstić information content (AvgIpc) is 2.30. The first-order valence-electron chi connectivity index (χ1n) is 6.78. The fourth-order valence-electron chi connectivity index (χ4n) is 2.84. The molecule has 0 aromatic carbocycles. The molecule has 2 aliphatic rings. The van der Waals surface area contributed by atoms with Crippen molar-refractivity contribution in [3.8, 4) is 0 Å². The van der Waals surface area contributed by atoms with Crippen molar-refractivity contribution in [2.75, 3.05) is 26.2 Å². The van der Waals surface area contributed by atoms with Crippen LogP contribution in [0.3, 0.4) is 0 Å². The second kappa shape index (κ2) is 5.83. The van der Waals surface area contributed by atoms with Gasteiger partial charge in [-0.2, -0.15) is 0 Å². The third-order valence-electron chi connectivity index (χ3n) is 3.87. The molecule has 2 rings (SSSR count). The van der Waals surface area contributed by atoms with Gasteiger partial charge in [-0.05, 0) is 25.7 Å². The molecule has 98 valence electrons. The minimum absolute atomic E-state index is 0.0720. The normalized spacial score (nSPS) is 34.7. The standard InChI is InChI=1S/C13H24N2O2/c1-10-3-5-15(11(2)7-10)13(16)8-12-9-14-4-6-17-12/h10-12,14H,3-9H2,1-2H3/t10-,11+,12+/m1/s1. The summed E-state index contributed by atoms with van der Waals surface area (Å²) in [7, 11) is 0. The summed E-state index contributed by atoms with van der Waals surface area (Å²) in [6.07, 6.45) is 2.88. The van der Waals surface area contributed by atoms with Gasteiger partial charge < -0.3 is 15.0 Å². The van der Waals surface area contributed by atoms with Crippen molar-refractivity contribution >= 4 is 5.91 Å². The molecule has 1 amide bonds. The van der Waals surface area contributed by atoms with Gasteiger partial charge >= 0.3 is 0 Å². The molecule has 0 saturated carbocycles. The second-order valence-corrected chi connectivity index (χ2v) is 5.47. The highest BCUT2D eigenvalue weighted by atomic mass is 16.5. The van der Waals surface area contributed by atoms with Crippen LogP contribution in [0.5, 0.6) is 0 Å². The topological polar surface area (TPSA) is 41.6 Å². The number of rotatable bonds is 2. The summed E-state index contributed by atoms with van der Waals surface area (Å²) in [5.41, 5.74) is 0. The van der Waals surface area contributed by atoms with E-state index in [0.717, 1.165) is 45.0 Å². The van der Waals surface area contributed by atoms with Gasteiger partial charge in [0.05, 0.1) is 19.1 Å². The van der Waals surface area contributed by atoms with Crippen molar-refractivity contribution in [3.05, 3.63) is 0 Å². The zero-order valence-electron chi connectivity index (χ0n) is 10.9. The maximum absolute atomic E-state index is 12.2. The van der Waals surface area contributed by atoms with Crippen molar-refractivity contribution in [3.63, 3.8) is 0 Å². The van der Waals surface area contributed by atoms with E-state index < -0.39 is 0 Å². The van der Waals surface area contributed by atoms with Gasteiger partial charge in [-0.3, -0.25) is 4.79 Å². The molecule has 2 saturated heterocycles. The first-order chi connectivity index (χ1) is 8.16. The molecule has 1 N–H and O–H groups in total. The lowest BCUT2D eigenvalue weighted by molar-refractivity contribution is -0.138. The van der Waals surface area contributed by atoms with Crippen LogP contribution in [-0.4, -0.2) is 49.2 Å². The fourth-order valence-corrected chi connectivity index (χ4v) is 2.84. The lowest BCUT2D eigenvalue weighted by Gasteiger charge is -2.37. The van der Waals surface area contributed by atoms with Gasteiger partial charge in [-0.1, -0.05) is 6.92 Å². The molecule has 0 aromatic heterocycles. The van der Waals surface area contributed by atoms with Crippen LogP contribution in [0.25, 0.3) is 0 Å². The van der Waals surface area contributed by atoms with Gasteiger partial charge in [-0.25, -0.2) is 0 Å². The monoisotopic (exact) mass is 240 g/mol. The van der Waals surface area contributed by atoms with E-state index in [2.05, 4.69) is 19.2 Å². The second-order valence-electron chi connectivity index (χ2n) is 5.47. The van der Waals surface area contributed by atoms with Gasteiger partial charge in [0.2, 0.25) is 5.91 Å². The molecule has 2 heterocycles. The summed E-state index contributed by atoms with van der Waals surface area (Å²) in [5.74, 6) is 1.01. The van der Waals surface area contributed by atoms with E-state index in [1.54, 1.807) is 0 Å². The van der Waals surface area contributed by atoms with E-state index >= 15 is 0 Å². The van der Waals surface area contributed by atoms with E-state index in [0.29, 0.717) is 12.5 Å². The molecule has 2 fully saturated rings. The van der Waals surface area contributed by atoms with E-state index in [-0.39, 0.29) is 12.0 Å². The largest absolute Gasteiger partial charge is 0.375 e. The van der Waals surface area contributed by atoms with Crippen LogP contribution in [0.15, 0.2) is 0 Å². The Balaban J connectivity index is 1.82. The third kappa shape index (κ3) is 3.42. The highest BCUT2D eigenvalue weighted by molar-refractivity contribution is 5.77. The predicted octanol–water partition coefficient (Wildman–Crippen LogP) is 1.01. The molecule has 0 unspecified atom stereocenters. The van der Waals surface area contributed by atoms with Crippen molar-refractivity contribution < 1.29 is 9.53 Å². The number of morpholine rings is 1. The quantitative estimate of drug-likeness (QED) is 0.783. The molecule has 0 aliphatic carbocycles. The van der Waals surface area contributed by atoms with Gasteiger partial charge in [0.1, 0.15) is 0 Å². The van der Waals surface area contributed by atoms with Gasteiger partial charge in [0, 0.05) is 25.7 Å². The Kier molecular flexibility index (Phi) is 4.40. The Morgan fingerprint density at radius 3 is 2.94 bits per heavy atom. The minimum Gasteiger partial charge on any atom is -0.375 e. The maximum atomic E-state index is 12.2. The highest BCUT2D eigenvalue weighted by Crippen LogP contribution is 2.23. The number of amides is 1. The van der Waals surface area contributed by atoms with Crippen molar-refractivity contribution in [2.24, 2.45) is 5.92 Å². The lowest BCUT2D eigenvalue weighted by Crippen LogP contribution is -2.47. The Bertz CT molecular complexity index is 264. The van der Waals surface area contributed by atoms with E-state index in [4.69, 9.17) is 4.74 Å². The first kappa shape index (κ1) is 12.8. The van der Waals surface area contributed by atoms with Crippen LogP contribution < -0.4 is 5.32 Å².